The highest BCUT2D eigenvalue weighted by atomic mass is 35.5. The fourth-order valence-corrected chi connectivity index (χ4v) is 3.27. The van der Waals surface area contributed by atoms with E-state index >= 15 is 0 Å². The molecule has 0 radical (unpaired) electrons. The predicted molar refractivity (Wildman–Crippen MR) is 88.2 cm³/mol. The molecule has 1 saturated heterocycles. The van der Waals surface area contributed by atoms with Crippen LogP contribution in [0.15, 0.2) is 24.3 Å². The minimum atomic E-state index is -4.38. The maximum Gasteiger partial charge on any atom is 0.416 e. The van der Waals surface area contributed by atoms with Crippen molar-refractivity contribution < 1.29 is 18.0 Å². The summed E-state index contributed by atoms with van der Waals surface area (Å²) in [5.74, 6) is 0.271. The van der Waals surface area contributed by atoms with Gasteiger partial charge in [0.25, 0.3) is 0 Å². The van der Waals surface area contributed by atoms with Crippen molar-refractivity contribution >= 4 is 18.3 Å². The maximum absolute atomic E-state index is 12.9. The number of benzene rings is 1. The van der Waals surface area contributed by atoms with Crippen LogP contribution in [0, 0.1) is 5.92 Å². The van der Waals surface area contributed by atoms with Gasteiger partial charge in [0, 0.05) is 6.54 Å². The van der Waals surface area contributed by atoms with Crippen molar-refractivity contribution in [3.05, 3.63) is 35.4 Å². The van der Waals surface area contributed by atoms with Crippen LogP contribution in [-0.2, 0) is 16.4 Å². The smallest absolute Gasteiger partial charge is 0.355 e. The maximum atomic E-state index is 12.9. The lowest BCUT2D eigenvalue weighted by Crippen LogP contribution is -2.41. The van der Waals surface area contributed by atoms with E-state index in [1.807, 2.05) is 0 Å². The monoisotopic (exact) mass is 362 g/mol. The molecule has 1 amide bonds. The Bertz CT molecular complexity index is 581. The van der Waals surface area contributed by atoms with E-state index in [1.54, 1.807) is 6.07 Å². The molecular formula is C17H22ClF3N2O. The molecule has 0 aromatic heterocycles. The molecule has 24 heavy (non-hydrogen) atoms. The Morgan fingerprint density at radius 1 is 1.33 bits per heavy atom. The molecule has 1 aliphatic carbocycles. The Hall–Kier alpha value is -1.27. The van der Waals surface area contributed by atoms with E-state index in [0.717, 1.165) is 38.1 Å². The minimum absolute atomic E-state index is 0. The van der Waals surface area contributed by atoms with Crippen LogP contribution in [0.25, 0.3) is 0 Å². The van der Waals surface area contributed by atoms with E-state index in [9.17, 15) is 18.0 Å². The van der Waals surface area contributed by atoms with Crippen LogP contribution in [0.3, 0.4) is 0 Å². The highest BCUT2D eigenvalue weighted by Crippen LogP contribution is 2.49. The summed E-state index contributed by atoms with van der Waals surface area (Å²) in [5.41, 5.74) is -0.972. The number of carbonyl (C=O) groups is 1. The van der Waals surface area contributed by atoms with E-state index in [4.69, 9.17) is 0 Å². The fraction of sp³-hybridized carbons (Fsp3) is 0.588. The quantitative estimate of drug-likeness (QED) is 0.863. The highest BCUT2D eigenvalue weighted by molar-refractivity contribution is 5.91. The van der Waals surface area contributed by atoms with Gasteiger partial charge < -0.3 is 10.6 Å². The number of carbonyl (C=O) groups excluding carboxylic acids is 1. The lowest BCUT2D eigenvalue weighted by atomic mass is 9.92. The van der Waals surface area contributed by atoms with E-state index in [-0.39, 0.29) is 18.3 Å². The van der Waals surface area contributed by atoms with E-state index in [1.165, 1.54) is 6.07 Å². The Labute approximate surface area is 145 Å². The van der Waals surface area contributed by atoms with Crippen molar-refractivity contribution in [2.75, 3.05) is 19.6 Å². The fourth-order valence-electron chi connectivity index (χ4n) is 3.27. The van der Waals surface area contributed by atoms with Gasteiger partial charge in [-0.3, -0.25) is 4.79 Å². The second-order valence-corrected chi connectivity index (χ2v) is 6.58. The van der Waals surface area contributed by atoms with Gasteiger partial charge in [-0.25, -0.2) is 0 Å². The Morgan fingerprint density at radius 2 is 2.08 bits per heavy atom. The van der Waals surface area contributed by atoms with Crippen LogP contribution < -0.4 is 10.6 Å². The number of piperidine rings is 1. The molecule has 7 heteroatoms. The molecular weight excluding hydrogens is 341 g/mol. The van der Waals surface area contributed by atoms with Crippen molar-refractivity contribution in [1.82, 2.24) is 10.6 Å². The largest absolute Gasteiger partial charge is 0.416 e. The first-order chi connectivity index (χ1) is 10.9. The molecule has 1 atom stereocenters. The summed E-state index contributed by atoms with van der Waals surface area (Å²) < 4.78 is 38.6. The lowest BCUT2D eigenvalue weighted by molar-refractivity contribution is -0.137. The van der Waals surface area contributed by atoms with Crippen molar-refractivity contribution in [3.63, 3.8) is 0 Å². The van der Waals surface area contributed by atoms with E-state index in [0.29, 0.717) is 30.9 Å². The minimum Gasteiger partial charge on any atom is -0.355 e. The molecule has 0 bridgehead atoms. The van der Waals surface area contributed by atoms with Crippen molar-refractivity contribution in [2.45, 2.75) is 37.3 Å². The molecule has 1 aromatic carbocycles. The van der Waals surface area contributed by atoms with Crippen molar-refractivity contribution in [2.24, 2.45) is 5.92 Å². The van der Waals surface area contributed by atoms with Gasteiger partial charge in [0.2, 0.25) is 5.91 Å². The molecule has 2 N–H and O–H groups in total. The topological polar surface area (TPSA) is 41.1 Å². The molecule has 134 valence electrons. The van der Waals surface area contributed by atoms with Gasteiger partial charge in [-0.15, -0.1) is 12.4 Å². The number of alkyl halides is 3. The third kappa shape index (κ3) is 4.03. The Morgan fingerprint density at radius 3 is 2.67 bits per heavy atom. The van der Waals surface area contributed by atoms with Gasteiger partial charge in [-0.2, -0.15) is 13.2 Å². The van der Waals surface area contributed by atoms with Crippen molar-refractivity contribution in [3.8, 4) is 0 Å². The molecule has 1 aromatic rings. The first kappa shape index (κ1) is 19.1. The first-order valence-electron chi connectivity index (χ1n) is 8.08. The third-order valence-electron chi connectivity index (χ3n) is 4.88. The normalized spacial score (nSPS) is 22.4. The number of amides is 1. The van der Waals surface area contributed by atoms with Crippen LogP contribution in [-0.4, -0.2) is 25.5 Å². The molecule has 1 unspecified atom stereocenters. The summed E-state index contributed by atoms with van der Waals surface area (Å²) in [6.07, 6.45) is -0.981. The summed E-state index contributed by atoms with van der Waals surface area (Å²) in [7, 11) is 0. The SMILES string of the molecule is Cl.O=C(NCC1CCCNC1)C1(c2cccc(C(F)(F)F)c2)CC1. The number of halogens is 4. The number of nitrogens with one attached hydrogen (secondary N) is 2. The van der Waals surface area contributed by atoms with Crippen LogP contribution >= 0.6 is 12.4 Å². The van der Waals surface area contributed by atoms with Crippen LogP contribution in [0.1, 0.15) is 36.8 Å². The van der Waals surface area contributed by atoms with Gasteiger partial charge >= 0.3 is 6.18 Å². The number of hydrogen-bond acceptors (Lipinski definition) is 2. The van der Waals surface area contributed by atoms with Gasteiger partial charge in [-0.1, -0.05) is 18.2 Å². The summed E-state index contributed by atoms with van der Waals surface area (Å²) in [4.78, 5) is 12.5. The standard InChI is InChI=1S/C17H21F3N2O.ClH/c18-17(19,20)14-5-1-4-13(9-14)16(6-7-16)15(23)22-11-12-3-2-8-21-10-12;/h1,4-5,9,12,21H,2-3,6-8,10-11H2,(H,22,23);1H. The Kier molecular flexibility index (Phi) is 5.81. The highest BCUT2D eigenvalue weighted by Gasteiger charge is 2.51. The van der Waals surface area contributed by atoms with E-state index in [2.05, 4.69) is 10.6 Å². The molecule has 3 rings (SSSR count). The second-order valence-electron chi connectivity index (χ2n) is 6.58. The third-order valence-corrected chi connectivity index (χ3v) is 4.88. The Balaban J connectivity index is 0.00000208. The van der Waals surface area contributed by atoms with Crippen LogP contribution in [0.4, 0.5) is 13.2 Å². The van der Waals surface area contributed by atoms with Gasteiger partial charge in [0.05, 0.1) is 11.0 Å². The molecule has 2 aliphatic rings. The van der Waals surface area contributed by atoms with Gasteiger partial charge in [0.1, 0.15) is 0 Å². The molecule has 2 fully saturated rings. The number of rotatable bonds is 4. The van der Waals surface area contributed by atoms with Crippen LogP contribution in [0.5, 0.6) is 0 Å². The second kappa shape index (κ2) is 7.31. The molecule has 1 saturated carbocycles. The van der Waals surface area contributed by atoms with Gasteiger partial charge in [0.15, 0.2) is 0 Å². The first-order valence-corrected chi connectivity index (χ1v) is 8.08. The zero-order valence-corrected chi connectivity index (χ0v) is 14.1. The summed E-state index contributed by atoms with van der Waals surface area (Å²) in [5, 5.41) is 6.24. The van der Waals surface area contributed by atoms with E-state index < -0.39 is 17.2 Å². The average molecular weight is 363 g/mol. The molecule has 1 aliphatic heterocycles. The van der Waals surface area contributed by atoms with Crippen molar-refractivity contribution in [1.29, 1.82) is 0 Å². The molecule has 0 spiro atoms. The summed E-state index contributed by atoms with van der Waals surface area (Å²) in [6, 6.07) is 5.18. The van der Waals surface area contributed by atoms with Gasteiger partial charge in [-0.05, 0) is 56.3 Å². The summed E-state index contributed by atoms with van der Waals surface area (Å²) in [6.45, 7) is 2.49. The molecule has 1 heterocycles. The van der Waals surface area contributed by atoms with Crippen LogP contribution in [0.2, 0.25) is 0 Å². The zero-order chi connectivity index (χ0) is 16.5. The molecule has 3 nitrogen and oxygen atoms in total. The summed E-state index contributed by atoms with van der Waals surface area (Å²) >= 11 is 0. The number of hydrogen-bond donors (Lipinski definition) is 2. The lowest BCUT2D eigenvalue weighted by Gasteiger charge is -2.24. The average Bonchev–Trinajstić information content (AvgIpc) is 3.35. The predicted octanol–water partition coefficient (Wildman–Crippen LogP) is 3.27. The zero-order valence-electron chi connectivity index (χ0n) is 13.3.